The number of para-hydroxylation sites is 2. The van der Waals surface area contributed by atoms with Gasteiger partial charge in [-0.2, -0.15) is 12.7 Å². The van der Waals surface area contributed by atoms with Gasteiger partial charge in [-0.25, -0.2) is 0 Å². The van der Waals surface area contributed by atoms with Gasteiger partial charge in [-0.3, -0.25) is 4.31 Å². The first kappa shape index (κ1) is 14.1. The molecule has 0 radical (unpaired) electrons. The van der Waals surface area contributed by atoms with E-state index in [1.54, 1.807) is 16.4 Å². The maximum absolute atomic E-state index is 12.7. The quantitative estimate of drug-likeness (QED) is 0.838. The second kappa shape index (κ2) is 5.79. The first-order chi connectivity index (χ1) is 9.07. The summed E-state index contributed by atoms with van der Waals surface area (Å²) in [6, 6.07) is 7.12. The maximum Gasteiger partial charge on any atom is 0.304 e. The standard InChI is InChI=1S/C13H21N3O2S/c1-2-9-16(13-8-4-3-7-12(13)14)19(17,18)15-10-5-6-11-15/h3-4,7-8H,2,5-6,9-11,14H2,1H3. The lowest BCUT2D eigenvalue weighted by atomic mass is 10.2. The Bertz CT molecular complexity index is 524. The summed E-state index contributed by atoms with van der Waals surface area (Å²) in [5.74, 6) is 0. The highest BCUT2D eigenvalue weighted by Gasteiger charge is 2.32. The fourth-order valence-electron chi connectivity index (χ4n) is 2.34. The lowest BCUT2D eigenvalue weighted by Gasteiger charge is -2.29. The van der Waals surface area contributed by atoms with E-state index in [0.717, 1.165) is 19.3 Å². The third-order valence-electron chi connectivity index (χ3n) is 3.30. The molecule has 1 fully saturated rings. The molecule has 1 saturated heterocycles. The van der Waals surface area contributed by atoms with E-state index in [-0.39, 0.29) is 0 Å². The van der Waals surface area contributed by atoms with Gasteiger partial charge in [0.05, 0.1) is 11.4 Å². The molecule has 1 aromatic rings. The number of benzene rings is 1. The fraction of sp³-hybridized carbons (Fsp3) is 0.538. The molecule has 2 N–H and O–H groups in total. The van der Waals surface area contributed by atoms with Gasteiger partial charge in [0.1, 0.15) is 0 Å². The van der Waals surface area contributed by atoms with E-state index >= 15 is 0 Å². The summed E-state index contributed by atoms with van der Waals surface area (Å²) in [6.45, 7) is 3.63. The summed E-state index contributed by atoms with van der Waals surface area (Å²) < 4.78 is 28.3. The Morgan fingerprint density at radius 3 is 2.47 bits per heavy atom. The molecule has 0 aliphatic carbocycles. The van der Waals surface area contributed by atoms with Gasteiger partial charge in [-0.05, 0) is 31.4 Å². The van der Waals surface area contributed by atoms with Crippen molar-refractivity contribution < 1.29 is 8.42 Å². The van der Waals surface area contributed by atoms with Gasteiger partial charge in [0.2, 0.25) is 0 Å². The van der Waals surface area contributed by atoms with Gasteiger partial charge >= 0.3 is 10.2 Å². The molecule has 6 heteroatoms. The Hall–Kier alpha value is -1.27. The molecular formula is C13H21N3O2S. The molecule has 1 heterocycles. The lowest BCUT2D eigenvalue weighted by Crippen LogP contribution is -2.43. The molecule has 0 atom stereocenters. The van der Waals surface area contributed by atoms with Crippen LogP contribution in [0.4, 0.5) is 11.4 Å². The summed E-state index contributed by atoms with van der Waals surface area (Å²) >= 11 is 0. The van der Waals surface area contributed by atoms with Gasteiger partial charge in [-0.1, -0.05) is 19.1 Å². The van der Waals surface area contributed by atoms with Crippen molar-refractivity contribution in [2.24, 2.45) is 0 Å². The van der Waals surface area contributed by atoms with E-state index in [0.29, 0.717) is 31.0 Å². The molecule has 0 spiro atoms. The van der Waals surface area contributed by atoms with E-state index < -0.39 is 10.2 Å². The molecular weight excluding hydrogens is 262 g/mol. The monoisotopic (exact) mass is 283 g/mol. The van der Waals surface area contributed by atoms with Crippen LogP contribution in [0.2, 0.25) is 0 Å². The number of nitrogen functional groups attached to an aromatic ring is 1. The Morgan fingerprint density at radius 2 is 1.89 bits per heavy atom. The number of hydrogen-bond donors (Lipinski definition) is 1. The fourth-order valence-corrected chi connectivity index (χ4v) is 4.16. The van der Waals surface area contributed by atoms with Gasteiger partial charge in [0, 0.05) is 19.6 Å². The van der Waals surface area contributed by atoms with Gasteiger partial charge in [0.25, 0.3) is 0 Å². The maximum atomic E-state index is 12.7. The zero-order valence-corrected chi connectivity index (χ0v) is 12.1. The first-order valence-corrected chi connectivity index (χ1v) is 8.09. The summed E-state index contributed by atoms with van der Waals surface area (Å²) in [4.78, 5) is 0. The van der Waals surface area contributed by atoms with Crippen LogP contribution in [0.25, 0.3) is 0 Å². The smallest absolute Gasteiger partial charge is 0.304 e. The van der Waals surface area contributed by atoms with Crippen LogP contribution in [0.3, 0.4) is 0 Å². The zero-order chi connectivity index (χ0) is 13.9. The SMILES string of the molecule is CCCN(c1ccccc1N)S(=O)(=O)N1CCCC1. The van der Waals surface area contributed by atoms with Crippen LogP contribution in [-0.2, 0) is 10.2 Å². The molecule has 19 heavy (non-hydrogen) atoms. The molecule has 106 valence electrons. The molecule has 0 saturated carbocycles. The van der Waals surface area contributed by atoms with Gasteiger partial charge in [0.15, 0.2) is 0 Å². The number of anilines is 2. The number of hydrogen-bond acceptors (Lipinski definition) is 3. The van der Waals surface area contributed by atoms with E-state index in [4.69, 9.17) is 5.73 Å². The van der Waals surface area contributed by atoms with Crippen LogP contribution in [-0.4, -0.2) is 32.4 Å². The highest BCUT2D eigenvalue weighted by Crippen LogP contribution is 2.28. The van der Waals surface area contributed by atoms with E-state index in [1.165, 1.54) is 4.31 Å². The molecule has 1 aliphatic rings. The second-order valence-corrected chi connectivity index (χ2v) is 6.60. The Labute approximate surface area is 115 Å². The third-order valence-corrected chi connectivity index (χ3v) is 5.26. The average molecular weight is 283 g/mol. The van der Waals surface area contributed by atoms with E-state index in [2.05, 4.69) is 0 Å². The highest BCUT2D eigenvalue weighted by atomic mass is 32.2. The molecule has 2 rings (SSSR count). The van der Waals surface area contributed by atoms with Crippen molar-refractivity contribution in [1.29, 1.82) is 0 Å². The van der Waals surface area contributed by atoms with Crippen LogP contribution in [0.5, 0.6) is 0 Å². The second-order valence-electron chi connectivity index (χ2n) is 4.74. The third kappa shape index (κ3) is 2.84. The summed E-state index contributed by atoms with van der Waals surface area (Å²) in [5, 5.41) is 0. The Balaban J connectivity index is 2.37. The van der Waals surface area contributed by atoms with Crippen molar-refractivity contribution in [1.82, 2.24) is 4.31 Å². The van der Waals surface area contributed by atoms with Crippen molar-refractivity contribution in [3.8, 4) is 0 Å². The van der Waals surface area contributed by atoms with Crippen LogP contribution < -0.4 is 10.0 Å². The summed E-state index contributed by atoms with van der Waals surface area (Å²) in [5.41, 5.74) is 7.00. The van der Waals surface area contributed by atoms with Gasteiger partial charge in [-0.15, -0.1) is 0 Å². The van der Waals surface area contributed by atoms with Crippen molar-refractivity contribution in [2.75, 3.05) is 29.7 Å². The normalized spacial score (nSPS) is 16.7. The zero-order valence-electron chi connectivity index (χ0n) is 11.2. The van der Waals surface area contributed by atoms with Crippen LogP contribution in [0.1, 0.15) is 26.2 Å². The predicted octanol–water partition coefficient (Wildman–Crippen LogP) is 1.83. The molecule has 1 aromatic carbocycles. The average Bonchev–Trinajstić information content (AvgIpc) is 2.91. The first-order valence-electron chi connectivity index (χ1n) is 6.69. The van der Waals surface area contributed by atoms with Crippen molar-refractivity contribution in [3.05, 3.63) is 24.3 Å². The van der Waals surface area contributed by atoms with Gasteiger partial charge < -0.3 is 5.73 Å². The molecule has 0 bridgehead atoms. The van der Waals surface area contributed by atoms with Crippen molar-refractivity contribution in [3.63, 3.8) is 0 Å². The minimum absolute atomic E-state index is 0.451. The van der Waals surface area contributed by atoms with Crippen molar-refractivity contribution in [2.45, 2.75) is 26.2 Å². The van der Waals surface area contributed by atoms with Crippen molar-refractivity contribution >= 4 is 21.6 Å². The number of nitrogens with two attached hydrogens (primary N) is 1. The van der Waals surface area contributed by atoms with E-state index in [1.807, 2.05) is 19.1 Å². The Morgan fingerprint density at radius 1 is 1.26 bits per heavy atom. The van der Waals surface area contributed by atoms with Crippen LogP contribution in [0.15, 0.2) is 24.3 Å². The predicted molar refractivity (Wildman–Crippen MR) is 78.2 cm³/mol. The topological polar surface area (TPSA) is 66.6 Å². The molecule has 5 nitrogen and oxygen atoms in total. The largest absolute Gasteiger partial charge is 0.397 e. The minimum Gasteiger partial charge on any atom is -0.397 e. The van der Waals surface area contributed by atoms with E-state index in [9.17, 15) is 8.42 Å². The number of rotatable bonds is 5. The highest BCUT2D eigenvalue weighted by molar-refractivity contribution is 7.90. The molecule has 1 aliphatic heterocycles. The Kier molecular flexibility index (Phi) is 4.31. The summed E-state index contributed by atoms with van der Waals surface area (Å²) in [7, 11) is -3.45. The lowest BCUT2D eigenvalue weighted by molar-refractivity contribution is 0.473. The molecule has 0 amide bonds. The molecule has 0 aromatic heterocycles. The van der Waals surface area contributed by atoms with Crippen LogP contribution in [0, 0.1) is 0 Å². The number of nitrogens with zero attached hydrogens (tertiary/aromatic N) is 2. The minimum atomic E-state index is -3.45. The van der Waals surface area contributed by atoms with Crippen LogP contribution >= 0.6 is 0 Å². The molecule has 0 unspecified atom stereocenters. The summed E-state index contributed by atoms with van der Waals surface area (Å²) in [6.07, 6.45) is 2.62.